The number of nitrogens with one attached hydrogen (secondary N) is 2. The number of fused-ring (bicyclic) bond motifs is 1. The topological polar surface area (TPSA) is 124 Å². The van der Waals surface area contributed by atoms with Gasteiger partial charge in [-0.1, -0.05) is 20.3 Å². The van der Waals surface area contributed by atoms with Crippen molar-refractivity contribution in [2.75, 3.05) is 40.3 Å². The molecule has 0 radical (unpaired) electrons. The highest BCUT2D eigenvalue weighted by Gasteiger charge is 2.26. The first-order valence-corrected chi connectivity index (χ1v) is 13.6. The number of benzene rings is 1. The van der Waals surface area contributed by atoms with E-state index in [1.54, 1.807) is 24.6 Å². The van der Waals surface area contributed by atoms with Gasteiger partial charge in [-0.2, -0.15) is 4.31 Å². The highest BCUT2D eigenvalue weighted by Crippen LogP contribution is 2.33. The van der Waals surface area contributed by atoms with Crippen molar-refractivity contribution < 1.29 is 13.2 Å². The Balaban J connectivity index is 2.24. The fourth-order valence-corrected chi connectivity index (χ4v) is 5.75. The summed E-state index contributed by atoms with van der Waals surface area (Å²) in [5.41, 5.74) is 2.36. The molecule has 11 heteroatoms. The predicted octanol–water partition coefficient (Wildman–Crippen LogP) is 2.85. The van der Waals surface area contributed by atoms with Crippen molar-refractivity contribution >= 4 is 27.3 Å². The second kappa shape index (κ2) is 11.4. The minimum atomic E-state index is -3.79. The summed E-state index contributed by atoms with van der Waals surface area (Å²) in [7, 11) is 1.75. The zero-order chi connectivity index (χ0) is 26.6. The van der Waals surface area contributed by atoms with E-state index in [1.165, 1.54) is 22.7 Å². The molecule has 0 atom stereocenters. The van der Waals surface area contributed by atoms with Crippen LogP contribution in [-0.2, 0) is 23.5 Å². The van der Waals surface area contributed by atoms with Crippen LogP contribution >= 0.6 is 0 Å². The number of hydrogen-bond donors (Lipinski definition) is 2. The number of sulfonamides is 1. The summed E-state index contributed by atoms with van der Waals surface area (Å²) in [6, 6.07) is 4.65. The van der Waals surface area contributed by atoms with Gasteiger partial charge in [-0.05, 0) is 45.6 Å². The Morgan fingerprint density at radius 2 is 1.92 bits per heavy atom. The van der Waals surface area contributed by atoms with Gasteiger partial charge in [0.1, 0.15) is 22.6 Å². The lowest BCUT2D eigenvalue weighted by Gasteiger charge is -2.23. The monoisotopic (exact) mass is 516 g/mol. The van der Waals surface area contributed by atoms with E-state index in [-0.39, 0.29) is 16.3 Å². The first-order valence-electron chi connectivity index (χ1n) is 12.1. The van der Waals surface area contributed by atoms with Crippen LogP contribution in [0.3, 0.4) is 0 Å². The first kappa shape index (κ1) is 27.6. The summed E-state index contributed by atoms with van der Waals surface area (Å²) in [5.74, 6) is 0.652. The number of aromatic nitrogens is 3. The molecule has 0 amide bonds. The molecule has 3 aromatic rings. The average molecular weight is 517 g/mol. The Bertz CT molecular complexity index is 1410. The number of likely N-dealkylation sites (N-methyl/N-ethyl adjacent to an activating group) is 2. The quantitative estimate of drug-likeness (QED) is 0.357. The number of aromatic amines is 1. The van der Waals surface area contributed by atoms with Crippen molar-refractivity contribution in [3.05, 3.63) is 39.8 Å². The van der Waals surface area contributed by atoms with Gasteiger partial charge in [0.25, 0.3) is 5.56 Å². The van der Waals surface area contributed by atoms with Gasteiger partial charge in [-0.3, -0.25) is 4.79 Å². The number of ether oxygens (including phenoxy) is 1. The molecule has 0 aliphatic heterocycles. The van der Waals surface area contributed by atoms with Crippen molar-refractivity contribution in [2.45, 2.75) is 38.5 Å². The highest BCUT2D eigenvalue weighted by molar-refractivity contribution is 7.89. The smallest absolute Gasteiger partial charge is 0.275 e. The molecular formula is C25H36N6O4S. The molecule has 0 aliphatic carbocycles. The average Bonchev–Trinajstić information content (AvgIpc) is 3.10. The van der Waals surface area contributed by atoms with Gasteiger partial charge in [0.15, 0.2) is 0 Å². The van der Waals surface area contributed by atoms with E-state index in [0.29, 0.717) is 60.7 Å². The lowest BCUT2D eigenvalue weighted by atomic mass is 10.1. The van der Waals surface area contributed by atoms with E-state index in [4.69, 9.17) is 15.1 Å². The Morgan fingerprint density at radius 1 is 1.19 bits per heavy atom. The largest absolute Gasteiger partial charge is 0.493 e. The van der Waals surface area contributed by atoms with Crippen LogP contribution in [0.4, 0.5) is 0 Å². The normalized spacial score (nSPS) is 12.1. The minimum Gasteiger partial charge on any atom is -0.493 e. The zero-order valence-electron chi connectivity index (χ0n) is 21.9. The number of nitrogens with zero attached hydrogens (tertiary/aromatic N) is 4. The van der Waals surface area contributed by atoms with Crippen molar-refractivity contribution in [3.8, 4) is 17.1 Å². The van der Waals surface area contributed by atoms with Crippen LogP contribution in [0.15, 0.2) is 27.9 Å². The molecule has 2 aromatic heterocycles. The van der Waals surface area contributed by atoms with E-state index < -0.39 is 10.0 Å². The van der Waals surface area contributed by atoms with Crippen molar-refractivity contribution in [2.24, 2.45) is 7.05 Å². The summed E-state index contributed by atoms with van der Waals surface area (Å²) in [6.07, 6.45) is 2.71. The van der Waals surface area contributed by atoms with Crippen LogP contribution in [0, 0.1) is 5.41 Å². The van der Waals surface area contributed by atoms with Crippen LogP contribution < -0.4 is 10.3 Å². The van der Waals surface area contributed by atoms with Crippen molar-refractivity contribution in [1.82, 2.24) is 23.7 Å². The number of rotatable bonds is 12. The number of aryl methyl sites for hydroxylation is 2. The third-order valence-electron chi connectivity index (χ3n) is 6.12. The number of H-pyrrole nitrogens is 1. The van der Waals surface area contributed by atoms with E-state index >= 15 is 0 Å². The predicted molar refractivity (Wildman–Crippen MR) is 143 cm³/mol. The Morgan fingerprint density at radius 3 is 2.50 bits per heavy atom. The Labute approximate surface area is 212 Å². The molecule has 0 unspecified atom stereocenters. The molecule has 10 nitrogen and oxygen atoms in total. The van der Waals surface area contributed by atoms with Gasteiger partial charge in [0, 0.05) is 38.5 Å². The van der Waals surface area contributed by atoms with Gasteiger partial charge in [-0.15, -0.1) is 0 Å². The fourth-order valence-electron chi connectivity index (χ4n) is 4.29. The molecule has 0 bridgehead atoms. The maximum absolute atomic E-state index is 13.5. The van der Waals surface area contributed by atoms with Gasteiger partial charge in [0.05, 0.1) is 22.8 Å². The zero-order valence-corrected chi connectivity index (χ0v) is 22.7. The molecule has 0 saturated heterocycles. The lowest BCUT2D eigenvalue weighted by Crippen LogP contribution is -2.36. The molecule has 0 saturated carbocycles. The summed E-state index contributed by atoms with van der Waals surface area (Å²) in [4.78, 5) is 22.8. The van der Waals surface area contributed by atoms with E-state index in [1.807, 2.05) is 32.8 Å². The molecule has 196 valence electrons. The van der Waals surface area contributed by atoms with Crippen LogP contribution in [0.2, 0.25) is 0 Å². The third-order valence-corrected chi connectivity index (χ3v) is 8.09. The third kappa shape index (κ3) is 5.23. The van der Waals surface area contributed by atoms with E-state index in [0.717, 1.165) is 12.0 Å². The van der Waals surface area contributed by atoms with Crippen LogP contribution in [0.5, 0.6) is 5.75 Å². The lowest BCUT2D eigenvalue weighted by molar-refractivity contribution is 0.339. The van der Waals surface area contributed by atoms with Gasteiger partial charge < -0.3 is 24.6 Å². The molecule has 0 fully saturated rings. The molecule has 0 spiro atoms. The standard InChI is InChI=1S/C25H36N6O4S/c1-7-10-18-20(16-26)30(6)23-22(18)27-24(28-25(23)32)19-15-17(11-12-21(19)35-9-3)36(33,34)31(8-2)14-13-29(4)5/h11-12,15-16,26H,7-10,13-14H2,1-6H3,(H,27,28,32). The second-order valence-corrected chi connectivity index (χ2v) is 10.8. The maximum atomic E-state index is 13.5. The minimum absolute atomic E-state index is 0.103. The molecule has 2 N–H and O–H groups in total. The summed E-state index contributed by atoms with van der Waals surface area (Å²) in [6.45, 7) is 7.30. The summed E-state index contributed by atoms with van der Waals surface area (Å²) in [5, 5.41) is 7.85. The van der Waals surface area contributed by atoms with Gasteiger partial charge in [0.2, 0.25) is 10.0 Å². The fraction of sp³-hybridized carbons (Fsp3) is 0.480. The Kier molecular flexibility index (Phi) is 8.70. The van der Waals surface area contributed by atoms with Crippen LogP contribution in [0.1, 0.15) is 38.4 Å². The van der Waals surface area contributed by atoms with Crippen LogP contribution in [0.25, 0.3) is 22.4 Å². The Hall–Kier alpha value is -3.02. The second-order valence-electron chi connectivity index (χ2n) is 8.82. The van der Waals surface area contributed by atoms with Gasteiger partial charge >= 0.3 is 0 Å². The van der Waals surface area contributed by atoms with Crippen molar-refractivity contribution in [1.29, 1.82) is 5.41 Å². The van der Waals surface area contributed by atoms with E-state index in [9.17, 15) is 13.2 Å². The summed E-state index contributed by atoms with van der Waals surface area (Å²) >= 11 is 0. The first-order chi connectivity index (χ1) is 17.1. The van der Waals surface area contributed by atoms with Gasteiger partial charge in [-0.25, -0.2) is 13.4 Å². The van der Waals surface area contributed by atoms with E-state index in [2.05, 4.69) is 4.98 Å². The molecule has 36 heavy (non-hydrogen) atoms. The van der Waals surface area contributed by atoms with Crippen LogP contribution in [-0.4, -0.2) is 78.7 Å². The number of hydrogen-bond acceptors (Lipinski definition) is 7. The molecule has 0 aliphatic rings. The molecule has 2 heterocycles. The highest BCUT2D eigenvalue weighted by atomic mass is 32.2. The molecule has 1 aromatic carbocycles. The molecular weight excluding hydrogens is 480 g/mol. The molecule has 3 rings (SSSR count). The SMILES string of the molecule is CCCc1c(C=N)n(C)c2c(=O)[nH]c(-c3cc(S(=O)(=O)N(CC)CCN(C)C)ccc3OCC)nc12. The van der Waals surface area contributed by atoms with Crippen molar-refractivity contribution in [3.63, 3.8) is 0 Å². The summed E-state index contributed by atoms with van der Waals surface area (Å²) < 4.78 is 35.9. The maximum Gasteiger partial charge on any atom is 0.275 e.